The molecule has 22 heavy (non-hydrogen) atoms. The Morgan fingerprint density at radius 2 is 2.18 bits per heavy atom. The van der Waals surface area contributed by atoms with E-state index >= 15 is 0 Å². The monoisotopic (exact) mass is 321 g/mol. The van der Waals surface area contributed by atoms with Crippen LogP contribution in [0.1, 0.15) is 19.8 Å². The molecule has 1 aromatic rings. The second-order valence-electron chi connectivity index (χ2n) is 6.15. The van der Waals surface area contributed by atoms with Gasteiger partial charge in [0.25, 0.3) is 0 Å². The highest BCUT2D eigenvalue weighted by Crippen LogP contribution is 2.26. The molecule has 0 spiro atoms. The molecule has 1 saturated heterocycles. The molecule has 4 nitrogen and oxygen atoms in total. The molecule has 0 saturated carbocycles. The van der Waals surface area contributed by atoms with E-state index < -0.39 is 0 Å². The van der Waals surface area contributed by atoms with Gasteiger partial charge in [0, 0.05) is 29.7 Å². The van der Waals surface area contributed by atoms with Gasteiger partial charge in [0.05, 0.1) is 0 Å². The third-order valence-electron chi connectivity index (χ3n) is 4.34. The van der Waals surface area contributed by atoms with Crippen LogP contribution in [0.5, 0.6) is 0 Å². The molecule has 1 heterocycles. The van der Waals surface area contributed by atoms with E-state index in [9.17, 15) is 4.79 Å². The molecular formula is C17H27N3OS. The molecule has 2 atom stereocenters. The van der Waals surface area contributed by atoms with Crippen LogP contribution in [-0.4, -0.2) is 55.3 Å². The molecular weight excluding hydrogens is 294 g/mol. The van der Waals surface area contributed by atoms with Gasteiger partial charge < -0.3 is 15.1 Å². The van der Waals surface area contributed by atoms with Gasteiger partial charge in [0.1, 0.15) is 0 Å². The number of nitrogens with one attached hydrogen (secondary N) is 1. The minimum atomic E-state index is 0.0173. The van der Waals surface area contributed by atoms with Crippen molar-refractivity contribution in [2.24, 2.45) is 5.92 Å². The molecule has 0 aliphatic carbocycles. The number of nitrogens with zero attached hydrogens (tertiary/aromatic N) is 2. The minimum Gasteiger partial charge on any atom is -0.323 e. The van der Waals surface area contributed by atoms with Gasteiger partial charge in [-0.2, -0.15) is 0 Å². The average Bonchev–Trinajstić information content (AvgIpc) is 2.92. The SMILES string of the molecule is CCC[C@@H]1CN(C(=O)Nc2cccc(SC)c2)C[C@H]1N(C)C. The fraction of sp³-hybridized carbons (Fsp3) is 0.588. The Balaban J connectivity index is 2.00. The predicted molar refractivity (Wildman–Crippen MR) is 94.7 cm³/mol. The van der Waals surface area contributed by atoms with Gasteiger partial charge in [-0.25, -0.2) is 4.79 Å². The largest absolute Gasteiger partial charge is 0.323 e. The van der Waals surface area contributed by atoms with E-state index in [1.54, 1.807) is 11.8 Å². The number of carbonyl (C=O) groups excluding carboxylic acids is 1. The van der Waals surface area contributed by atoms with E-state index in [4.69, 9.17) is 0 Å². The van der Waals surface area contributed by atoms with Crippen molar-refractivity contribution in [2.45, 2.75) is 30.7 Å². The number of hydrogen-bond acceptors (Lipinski definition) is 3. The van der Waals surface area contributed by atoms with E-state index in [1.807, 2.05) is 29.4 Å². The van der Waals surface area contributed by atoms with E-state index in [0.717, 1.165) is 23.7 Å². The topological polar surface area (TPSA) is 35.6 Å². The van der Waals surface area contributed by atoms with Crippen molar-refractivity contribution in [3.63, 3.8) is 0 Å². The number of likely N-dealkylation sites (N-methyl/N-ethyl adjacent to an activating group) is 1. The van der Waals surface area contributed by atoms with Crippen LogP contribution < -0.4 is 5.32 Å². The van der Waals surface area contributed by atoms with Gasteiger partial charge in [0.2, 0.25) is 0 Å². The first kappa shape index (κ1) is 17.2. The quantitative estimate of drug-likeness (QED) is 0.842. The number of rotatable bonds is 5. The van der Waals surface area contributed by atoms with Gasteiger partial charge >= 0.3 is 6.03 Å². The van der Waals surface area contributed by atoms with Crippen LogP contribution >= 0.6 is 11.8 Å². The maximum Gasteiger partial charge on any atom is 0.321 e. The number of thioether (sulfide) groups is 1. The first-order valence-corrected chi connectivity index (χ1v) is 9.14. The zero-order valence-electron chi connectivity index (χ0n) is 14.0. The van der Waals surface area contributed by atoms with Crippen LogP contribution in [0.25, 0.3) is 0 Å². The zero-order chi connectivity index (χ0) is 16.1. The average molecular weight is 321 g/mol. The second kappa shape index (κ2) is 7.88. The summed E-state index contributed by atoms with van der Waals surface area (Å²) in [7, 11) is 4.22. The van der Waals surface area contributed by atoms with Gasteiger partial charge in [-0.05, 0) is 50.9 Å². The summed E-state index contributed by atoms with van der Waals surface area (Å²) in [4.78, 5) is 17.9. The van der Waals surface area contributed by atoms with Gasteiger partial charge in [-0.1, -0.05) is 19.4 Å². The molecule has 2 rings (SSSR count). The molecule has 2 amide bonds. The molecule has 1 N–H and O–H groups in total. The van der Waals surface area contributed by atoms with Crippen LogP contribution in [0.3, 0.4) is 0 Å². The van der Waals surface area contributed by atoms with Crippen LogP contribution in [0.2, 0.25) is 0 Å². The second-order valence-corrected chi connectivity index (χ2v) is 7.03. The lowest BCUT2D eigenvalue weighted by Gasteiger charge is -2.24. The molecule has 1 aliphatic heterocycles. The van der Waals surface area contributed by atoms with Gasteiger partial charge in [-0.15, -0.1) is 11.8 Å². The summed E-state index contributed by atoms with van der Waals surface area (Å²) < 4.78 is 0. The van der Waals surface area contributed by atoms with E-state index in [-0.39, 0.29) is 6.03 Å². The lowest BCUT2D eigenvalue weighted by molar-refractivity contribution is 0.216. The third kappa shape index (κ3) is 4.17. The van der Waals surface area contributed by atoms with Crippen LogP contribution in [0.15, 0.2) is 29.2 Å². The molecule has 0 radical (unpaired) electrons. The number of carbonyl (C=O) groups is 1. The Labute approximate surface area is 138 Å². The van der Waals surface area contributed by atoms with Crippen molar-refractivity contribution in [2.75, 3.05) is 38.8 Å². The highest BCUT2D eigenvalue weighted by molar-refractivity contribution is 7.98. The molecule has 122 valence electrons. The number of hydrogen-bond donors (Lipinski definition) is 1. The van der Waals surface area contributed by atoms with Crippen molar-refractivity contribution in [1.82, 2.24) is 9.80 Å². The molecule has 0 aromatic heterocycles. The molecule has 0 bridgehead atoms. The first-order valence-electron chi connectivity index (χ1n) is 7.91. The van der Waals surface area contributed by atoms with Crippen molar-refractivity contribution in [1.29, 1.82) is 0 Å². The summed E-state index contributed by atoms with van der Waals surface area (Å²) in [6.45, 7) is 3.87. The Morgan fingerprint density at radius 3 is 2.82 bits per heavy atom. The standard InChI is InChI=1S/C17H27N3OS/c1-5-7-13-11-20(12-16(13)19(2)3)17(21)18-14-8-6-9-15(10-14)22-4/h6,8-10,13,16H,5,7,11-12H2,1-4H3,(H,18,21)/t13-,16-/m1/s1. The maximum absolute atomic E-state index is 12.5. The van der Waals surface area contributed by atoms with Crippen molar-refractivity contribution >= 4 is 23.5 Å². The highest BCUT2D eigenvalue weighted by atomic mass is 32.2. The normalized spacial score (nSPS) is 21.4. The number of urea groups is 1. The third-order valence-corrected chi connectivity index (χ3v) is 5.06. The van der Waals surface area contributed by atoms with E-state index in [2.05, 4.69) is 37.3 Å². The summed E-state index contributed by atoms with van der Waals surface area (Å²) in [6.07, 6.45) is 4.38. The van der Waals surface area contributed by atoms with E-state index in [1.165, 1.54) is 12.8 Å². The van der Waals surface area contributed by atoms with Gasteiger partial charge in [-0.3, -0.25) is 0 Å². The maximum atomic E-state index is 12.5. The van der Waals surface area contributed by atoms with Crippen molar-refractivity contribution in [3.05, 3.63) is 24.3 Å². The summed E-state index contributed by atoms with van der Waals surface area (Å²) in [5.41, 5.74) is 0.872. The lowest BCUT2D eigenvalue weighted by atomic mass is 9.98. The number of amides is 2. The number of likely N-dealkylation sites (tertiary alicyclic amines) is 1. The lowest BCUT2D eigenvalue weighted by Crippen LogP contribution is -2.37. The fourth-order valence-electron chi connectivity index (χ4n) is 3.16. The van der Waals surface area contributed by atoms with Gasteiger partial charge in [0.15, 0.2) is 0 Å². The summed E-state index contributed by atoms with van der Waals surface area (Å²) in [5.74, 6) is 0.572. The highest BCUT2D eigenvalue weighted by Gasteiger charge is 2.35. The minimum absolute atomic E-state index is 0.0173. The molecule has 5 heteroatoms. The molecule has 0 unspecified atom stereocenters. The van der Waals surface area contributed by atoms with Crippen LogP contribution in [-0.2, 0) is 0 Å². The number of anilines is 1. The Kier molecular flexibility index (Phi) is 6.15. The first-order chi connectivity index (χ1) is 10.5. The number of benzene rings is 1. The Hall–Kier alpha value is -1.20. The van der Waals surface area contributed by atoms with Crippen molar-refractivity contribution in [3.8, 4) is 0 Å². The zero-order valence-corrected chi connectivity index (χ0v) is 14.8. The van der Waals surface area contributed by atoms with Crippen LogP contribution in [0.4, 0.5) is 10.5 Å². The van der Waals surface area contributed by atoms with E-state index in [0.29, 0.717) is 12.0 Å². The summed E-state index contributed by atoms with van der Waals surface area (Å²) in [6, 6.07) is 8.47. The smallest absolute Gasteiger partial charge is 0.321 e. The van der Waals surface area contributed by atoms with Crippen molar-refractivity contribution < 1.29 is 4.79 Å². The summed E-state index contributed by atoms with van der Waals surface area (Å²) >= 11 is 1.68. The fourth-order valence-corrected chi connectivity index (χ4v) is 3.62. The Morgan fingerprint density at radius 1 is 1.41 bits per heavy atom. The summed E-state index contributed by atoms with van der Waals surface area (Å²) in [5, 5.41) is 3.04. The molecule has 1 fully saturated rings. The molecule has 1 aliphatic rings. The van der Waals surface area contributed by atoms with Crippen LogP contribution in [0, 0.1) is 5.92 Å². The molecule has 1 aromatic carbocycles. The Bertz CT molecular complexity index is 506. The predicted octanol–water partition coefficient (Wildman–Crippen LogP) is 3.60.